The van der Waals surface area contributed by atoms with Crippen LogP contribution < -0.4 is 10.6 Å². The smallest absolute Gasteiger partial charge is 0.190 e. The maximum atomic E-state index is 5.79. The van der Waals surface area contributed by atoms with Crippen LogP contribution in [0, 0.1) is 5.92 Å². The Hall–Kier alpha value is -1.39. The lowest BCUT2D eigenvalue weighted by atomic mass is 10.0. The van der Waals surface area contributed by atoms with E-state index in [1.165, 1.54) is 0 Å². The first-order valence-corrected chi connectivity index (χ1v) is 9.89. The normalized spacial score (nSPS) is 15.4. The van der Waals surface area contributed by atoms with Gasteiger partial charge in [0.25, 0.3) is 0 Å². The van der Waals surface area contributed by atoms with E-state index in [0.29, 0.717) is 5.92 Å². The van der Waals surface area contributed by atoms with Gasteiger partial charge in [-0.05, 0) is 37.3 Å². The molecular formula is C20H32IN5O2. The zero-order valence-corrected chi connectivity index (χ0v) is 18.9. The number of para-hydroxylation sites is 2. The minimum absolute atomic E-state index is 0. The minimum atomic E-state index is 0. The van der Waals surface area contributed by atoms with Gasteiger partial charge in [-0.25, -0.2) is 4.98 Å². The number of hydrogen-bond donors (Lipinski definition) is 3. The largest absolute Gasteiger partial charge is 0.381 e. The van der Waals surface area contributed by atoms with Gasteiger partial charge in [0.1, 0.15) is 5.82 Å². The Balaban J connectivity index is 0.00000280. The second kappa shape index (κ2) is 12.9. The standard InChI is InChI=1S/C20H31N5O2.HI/c1-21-20(22-10-4-12-27-15-16-8-13-26-14-9-16)23-11-7-19-24-17-5-2-3-6-18(17)25-19;/h2-3,5-6,16H,4,7-15H2,1H3,(H,24,25)(H2,21,22,23);1H. The molecule has 1 aliphatic heterocycles. The number of aromatic amines is 1. The summed E-state index contributed by atoms with van der Waals surface area (Å²) in [6.07, 6.45) is 4.04. The topological polar surface area (TPSA) is 83.6 Å². The highest BCUT2D eigenvalue weighted by atomic mass is 127. The summed E-state index contributed by atoms with van der Waals surface area (Å²) in [5, 5.41) is 6.66. The Kier molecular flexibility index (Phi) is 10.6. The summed E-state index contributed by atoms with van der Waals surface area (Å²) in [5.74, 6) is 2.47. The second-order valence-electron chi connectivity index (χ2n) is 6.86. The number of guanidine groups is 1. The van der Waals surface area contributed by atoms with E-state index in [1.54, 1.807) is 7.05 Å². The van der Waals surface area contributed by atoms with Gasteiger partial charge in [0.2, 0.25) is 0 Å². The lowest BCUT2D eigenvalue weighted by Gasteiger charge is -2.21. The van der Waals surface area contributed by atoms with E-state index < -0.39 is 0 Å². The third-order valence-electron chi connectivity index (χ3n) is 4.77. The van der Waals surface area contributed by atoms with E-state index in [9.17, 15) is 0 Å². The highest BCUT2D eigenvalue weighted by Gasteiger charge is 2.13. The molecule has 2 heterocycles. The van der Waals surface area contributed by atoms with Crippen molar-refractivity contribution in [3.8, 4) is 0 Å². The molecule has 1 saturated heterocycles. The predicted molar refractivity (Wildman–Crippen MR) is 124 cm³/mol. The Morgan fingerprint density at radius 1 is 1.25 bits per heavy atom. The average Bonchev–Trinajstić information content (AvgIpc) is 3.12. The number of fused-ring (bicyclic) bond motifs is 1. The van der Waals surface area contributed by atoms with Crippen LogP contribution in [-0.4, -0.2) is 62.5 Å². The van der Waals surface area contributed by atoms with Gasteiger partial charge in [0, 0.05) is 53.0 Å². The summed E-state index contributed by atoms with van der Waals surface area (Å²) >= 11 is 0. The fourth-order valence-electron chi connectivity index (χ4n) is 3.19. The van der Waals surface area contributed by atoms with E-state index >= 15 is 0 Å². The maximum Gasteiger partial charge on any atom is 0.190 e. The van der Waals surface area contributed by atoms with Crippen molar-refractivity contribution in [1.82, 2.24) is 20.6 Å². The first-order valence-electron chi connectivity index (χ1n) is 9.89. The van der Waals surface area contributed by atoms with Crippen molar-refractivity contribution >= 4 is 41.0 Å². The number of nitrogens with zero attached hydrogens (tertiary/aromatic N) is 2. The molecule has 1 aliphatic rings. The number of nitrogens with one attached hydrogen (secondary N) is 3. The van der Waals surface area contributed by atoms with Crippen LogP contribution in [0.4, 0.5) is 0 Å². The van der Waals surface area contributed by atoms with Gasteiger partial charge in [-0.15, -0.1) is 24.0 Å². The van der Waals surface area contributed by atoms with Crippen molar-refractivity contribution in [3.05, 3.63) is 30.1 Å². The van der Waals surface area contributed by atoms with E-state index in [-0.39, 0.29) is 24.0 Å². The van der Waals surface area contributed by atoms with Crippen molar-refractivity contribution in [2.45, 2.75) is 25.7 Å². The Bertz CT molecular complexity index is 682. The van der Waals surface area contributed by atoms with Crippen LogP contribution >= 0.6 is 24.0 Å². The summed E-state index contributed by atoms with van der Waals surface area (Å²) in [5.41, 5.74) is 2.09. The number of halogens is 1. The quantitative estimate of drug-likeness (QED) is 0.213. The van der Waals surface area contributed by atoms with Crippen LogP contribution in [0.3, 0.4) is 0 Å². The fourth-order valence-corrected chi connectivity index (χ4v) is 3.19. The molecule has 0 atom stereocenters. The monoisotopic (exact) mass is 501 g/mol. The van der Waals surface area contributed by atoms with Gasteiger partial charge in [0.05, 0.1) is 11.0 Å². The molecule has 0 spiro atoms. The van der Waals surface area contributed by atoms with Crippen LogP contribution in [0.15, 0.2) is 29.3 Å². The van der Waals surface area contributed by atoms with E-state index in [1.807, 2.05) is 24.3 Å². The molecule has 156 valence electrons. The van der Waals surface area contributed by atoms with Crippen molar-refractivity contribution < 1.29 is 9.47 Å². The molecule has 8 heteroatoms. The van der Waals surface area contributed by atoms with Gasteiger partial charge in [-0.1, -0.05) is 12.1 Å². The highest BCUT2D eigenvalue weighted by molar-refractivity contribution is 14.0. The molecule has 28 heavy (non-hydrogen) atoms. The van der Waals surface area contributed by atoms with Gasteiger partial charge in [-0.2, -0.15) is 0 Å². The van der Waals surface area contributed by atoms with Gasteiger partial charge < -0.3 is 25.1 Å². The molecule has 3 rings (SSSR count). The molecular weight excluding hydrogens is 469 g/mol. The zero-order valence-electron chi connectivity index (χ0n) is 16.6. The molecule has 0 aliphatic carbocycles. The summed E-state index contributed by atoms with van der Waals surface area (Å²) in [6.45, 7) is 5.02. The van der Waals surface area contributed by atoms with E-state index in [4.69, 9.17) is 9.47 Å². The molecule has 2 aromatic rings. The molecule has 0 bridgehead atoms. The molecule has 0 unspecified atom stereocenters. The molecule has 1 aromatic heterocycles. The highest BCUT2D eigenvalue weighted by Crippen LogP contribution is 2.14. The lowest BCUT2D eigenvalue weighted by Crippen LogP contribution is -2.39. The fraction of sp³-hybridized carbons (Fsp3) is 0.600. The third kappa shape index (κ3) is 7.56. The minimum Gasteiger partial charge on any atom is -0.381 e. The Labute approximate surface area is 184 Å². The number of benzene rings is 1. The third-order valence-corrected chi connectivity index (χ3v) is 4.77. The molecule has 0 radical (unpaired) electrons. The van der Waals surface area contributed by atoms with Gasteiger partial charge in [-0.3, -0.25) is 4.99 Å². The van der Waals surface area contributed by atoms with Crippen molar-refractivity contribution in [2.75, 3.05) is 46.6 Å². The van der Waals surface area contributed by atoms with E-state index in [0.717, 1.165) is 88.0 Å². The van der Waals surface area contributed by atoms with Crippen molar-refractivity contribution in [3.63, 3.8) is 0 Å². The number of hydrogen-bond acceptors (Lipinski definition) is 4. The number of rotatable bonds is 9. The summed E-state index contributed by atoms with van der Waals surface area (Å²) in [6, 6.07) is 8.09. The van der Waals surface area contributed by atoms with Crippen LogP contribution in [0.25, 0.3) is 11.0 Å². The Morgan fingerprint density at radius 3 is 2.82 bits per heavy atom. The number of imidazole rings is 1. The Morgan fingerprint density at radius 2 is 2.04 bits per heavy atom. The van der Waals surface area contributed by atoms with Crippen molar-refractivity contribution in [1.29, 1.82) is 0 Å². The average molecular weight is 501 g/mol. The number of ether oxygens (including phenoxy) is 2. The van der Waals surface area contributed by atoms with Crippen LogP contribution in [0.1, 0.15) is 25.1 Å². The van der Waals surface area contributed by atoms with Crippen LogP contribution in [0.5, 0.6) is 0 Å². The first kappa shape index (κ1) is 22.9. The molecule has 1 aromatic carbocycles. The number of aromatic nitrogens is 2. The first-order chi connectivity index (χ1) is 13.3. The van der Waals surface area contributed by atoms with Crippen LogP contribution in [-0.2, 0) is 15.9 Å². The zero-order chi connectivity index (χ0) is 18.7. The summed E-state index contributed by atoms with van der Waals surface area (Å²) in [7, 11) is 1.79. The SMILES string of the molecule is CN=C(NCCCOCC1CCOCC1)NCCc1nc2ccccc2[nH]1.I. The van der Waals surface area contributed by atoms with Gasteiger partial charge in [0.15, 0.2) is 5.96 Å². The van der Waals surface area contributed by atoms with E-state index in [2.05, 4.69) is 25.6 Å². The molecule has 7 nitrogen and oxygen atoms in total. The number of aliphatic imine (C=N–C) groups is 1. The van der Waals surface area contributed by atoms with Crippen LogP contribution in [0.2, 0.25) is 0 Å². The lowest BCUT2D eigenvalue weighted by molar-refractivity contribution is 0.0203. The molecule has 0 saturated carbocycles. The maximum absolute atomic E-state index is 5.79. The second-order valence-corrected chi connectivity index (χ2v) is 6.86. The number of H-pyrrole nitrogens is 1. The predicted octanol–water partition coefficient (Wildman–Crippen LogP) is 2.72. The molecule has 0 amide bonds. The van der Waals surface area contributed by atoms with Crippen molar-refractivity contribution in [2.24, 2.45) is 10.9 Å². The molecule has 3 N–H and O–H groups in total. The molecule has 1 fully saturated rings. The summed E-state index contributed by atoms with van der Waals surface area (Å²) < 4.78 is 11.2. The van der Waals surface area contributed by atoms with Gasteiger partial charge >= 0.3 is 0 Å². The summed E-state index contributed by atoms with van der Waals surface area (Å²) in [4.78, 5) is 12.2.